The van der Waals surface area contributed by atoms with Crippen LogP contribution in [0.2, 0.25) is 0 Å². The van der Waals surface area contributed by atoms with E-state index in [1.807, 2.05) is 82.3 Å². The van der Waals surface area contributed by atoms with E-state index >= 15 is 4.39 Å². The molecular weight excluding hydrogens is 495 g/mol. The van der Waals surface area contributed by atoms with Crippen LogP contribution in [0.15, 0.2) is 95.5 Å². The molecule has 40 heavy (non-hydrogen) atoms. The topological polar surface area (TPSA) is 40.8 Å². The maximum atomic E-state index is 15.4. The zero-order valence-corrected chi connectivity index (χ0v) is 23.2. The highest BCUT2D eigenvalue weighted by Crippen LogP contribution is 2.43. The van der Waals surface area contributed by atoms with Crippen molar-refractivity contribution >= 4 is 21.9 Å². The maximum Gasteiger partial charge on any atom is 0.216 e. The van der Waals surface area contributed by atoms with Crippen molar-refractivity contribution in [1.29, 1.82) is 5.26 Å². The van der Waals surface area contributed by atoms with Gasteiger partial charge < -0.3 is 4.42 Å². The van der Waals surface area contributed by atoms with E-state index in [0.717, 1.165) is 33.2 Å². The standard InChI is InChI=1S/C36H30FN2O/c1-22-14-16-28-33-26(20-38)15-17-27(25-13-9-12-24(18-25)23-10-7-6-8-11-23)34(33)40-35(28)32(22)31-19-29(36(2,3)4)30(37)21-39(31)5/h6-19,21H,1-5H3/q+1/i19D,21D. The van der Waals surface area contributed by atoms with Gasteiger partial charge in [-0.05, 0) is 52.8 Å². The van der Waals surface area contributed by atoms with E-state index in [9.17, 15) is 5.26 Å². The third-order valence-corrected chi connectivity index (χ3v) is 7.45. The highest BCUT2D eigenvalue weighted by Gasteiger charge is 2.28. The molecule has 0 radical (unpaired) electrons. The predicted octanol–water partition coefficient (Wildman–Crippen LogP) is 9.03. The van der Waals surface area contributed by atoms with Gasteiger partial charge in [-0.25, -0.2) is 4.39 Å². The Morgan fingerprint density at radius 2 is 1.62 bits per heavy atom. The van der Waals surface area contributed by atoms with Gasteiger partial charge in [0.2, 0.25) is 11.9 Å². The number of aromatic nitrogens is 1. The molecule has 4 heteroatoms. The lowest BCUT2D eigenvalue weighted by Gasteiger charge is -2.19. The highest BCUT2D eigenvalue weighted by molar-refractivity contribution is 6.15. The fourth-order valence-corrected chi connectivity index (χ4v) is 5.42. The Kier molecular flexibility index (Phi) is 5.48. The van der Waals surface area contributed by atoms with Crippen molar-refractivity contribution in [1.82, 2.24) is 0 Å². The van der Waals surface area contributed by atoms with Gasteiger partial charge in [-0.3, -0.25) is 0 Å². The third kappa shape index (κ3) is 4.15. The summed E-state index contributed by atoms with van der Waals surface area (Å²) < 4.78 is 41.2. The number of aryl methyl sites for hydroxylation is 1. The van der Waals surface area contributed by atoms with Gasteiger partial charge in [-0.1, -0.05) is 81.4 Å². The molecule has 0 amide bonds. The number of fused-ring (bicyclic) bond motifs is 3. The summed E-state index contributed by atoms with van der Waals surface area (Å²) in [6.45, 7) is 7.45. The highest BCUT2D eigenvalue weighted by atomic mass is 19.1. The first-order chi connectivity index (χ1) is 20.0. The number of hydrogen-bond donors (Lipinski definition) is 0. The molecule has 6 aromatic rings. The minimum atomic E-state index is -0.694. The van der Waals surface area contributed by atoms with Gasteiger partial charge in [0.1, 0.15) is 19.6 Å². The molecule has 0 unspecified atom stereocenters. The van der Waals surface area contributed by atoms with E-state index in [0.29, 0.717) is 33.4 Å². The lowest BCUT2D eigenvalue weighted by molar-refractivity contribution is -0.662. The second-order valence-electron chi connectivity index (χ2n) is 11.2. The van der Waals surface area contributed by atoms with Crippen molar-refractivity contribution in [3.63, 3.8) is 0 Å². The summed E-state index contributed by atoms with van der Waals surface area (Å²) >= 11 is 0. The largest absolute Gasteiger partial charge is 0.454 e. The van der Waals surface area contributed by atoms with E-state index in [1.165, 1.54) is 4.57 Å². The molecule has 0 aliphatic carbocycles. The maximum absolute atomic E-state index is 15.4. The summed E-state index contributed by atoms with van der Waals surface area (Å²) in [6.07, 6.45) is -0.297. The molecule has 6 rings (SSSR count). The van der Waals surface area contributed by atoms with E-state index in [1.54, 1.807) is 7.05 Å². The van der Waals surface area contributed by atoms with Gasteiger partial charge in [0.15, 0.2) is 5.82 Å². The van der Waals surface area contributed by atoms with Crippen LogP contribution < -0.4 is 4.57 Å². The van der Waals surface area contributed by atoms with Crippen molar-refractivity contribution in [2.75, 3.05) is 0 Å². The van der Waals surface area contributed by atoms with E-state index in [-0.39, 0.29) is 17.8 Å². The van der Waals surface area contributed by atoms with Crippen LogP contribution in [0.5, 0.6) is 0 Å². The number of nitriles is 1. The molecule has 196 valence electrons. The quantitative estimate of drug-likeness (QED) is 0.215. The molecule has 0 spiro atoms. The molecule has 2 aromatic heterocycles. The number of benzene rings is 4. The summed E-state index contributed by atoms with van der Waals surface area (Å²) in [6, 6.07) is 28.3. The fraction of sp³-hybridized carbons (Fsp3) is 0.167. The molecular formula is C36H30FN2O+. The Labute approximate surface area is 236 Å². The molecule has 0 saturated carbocycles. The third-order valence-electron chi connectivity index (χ3n) is 7.45. The zero-order valence-electron chi connectivity index (χ0n) is 25.2. The van der Waals surface area contributed by atoms with Crippen LogP contribution in [-0.4, -0.2) is 0 Å². The van der Waals surface area contributed by atoms with Crippen LogP contribution in [0.3, 0.4) is 0 Å². The second-order valence-corrected chi connectivity index (χ2v) is 11.2. The number of nitrogens with zero attached hydrogens (tertiary/aromatic N) is 2. The summed E-state index contributed by atoms with van der Waals surface area (Å²) in [7, 11) is 1.60. The molecule has 0 fully saturated rings. The Hall–Kier alpha value is -4.75. The van der Waals surface area contributed by atoms with Crippen molar-refractivity contribution in [3.05, 3.63) is 114 Å². The minimum absolute atomic E-state index is 0.0193. The van der Waals surface area contributed by atoms with E-state index in [2.05, 4.69) is 30.3 Å². The molecule has 0 aliphatic heterocycles. The van der Waals surface area contributed by atoms with Gasteiger partial charge in [0, 0.05) is 27.9 Å². The number of rotatable bonds is 3. The average molecular weight is 528 g/mol. The Morgan fingerprint density at radius 3 is 2.35 bits per heavy atom. The predicted molar refractivity (Wildman–Crippen MR) is 159 cm³/mol. The van der Waals surface area contributed by atoms with Crippen molar-refractivity contribution in [2.45, 2.75) is 33.1 Å². The first-order valence-corrected chi connectivity index (χ1v) is 13.3. The fourth-order valence-electron chi connectivity index (χ4n) is 5.42. The molecule has 0 saturated heterocycles. The van der Waals surface area contributed by atoms with Crippen molar-refractivity contribution in [3.8, 4) is 39.6 Å². The zero-order chi connectivity index (χ0) is 29.9. The number of halogens is 1. The summed E-state index contributed by atoms with van der Waals surface area (Å²) in [4.78, 5) is 0. The lowest BCUT2D eigenvalue weighted by atomic mass is 9.86. The SMILES string of the molecule is [2H]c1c(C(C)(C)C)c(F)c([2H])[n+](C)c1-c1c(C)ccc2c1oc1c(-c3cccc(-c4ccccc4)c3)ccc(C#N)c12. The molecule has 0 atom stereocenters. The van der Waals surface area contributed by atoms with Crippen LogP contribution in [0, 0.1) is 24.1 Å². The summed E-state index contributed by atoms with van der Waals surface area (Å²) in [5.41, 5.74) is 6.82. The number of hydrogen-bond acceptors (Lipinski definition) is 2. The van der Waals surface area contributed by atoms with Crippen molar-refractivity contribution in [2.24, 2.45) is 7.05 Å². The second kappa shape index (κ2) is 9.47. The van der Waals surface area contributed by atoms with Gasteiger partial charge in [-0.2, -0.15) is 9.83 Å². The van der Waals surface area contributed by atoms with Crippen LogP contribution in [0.4, 0.5) is 4.39 Å². The summed E-state index contributed by atoms with van der Waals surface area (Å²) in [5.74, 6) is -0.694. The van der Waals surface area contributed by atoms with Crippen LogP contribution in [-0.2, 0) is 12.5 Å². The first kappa shape index (κ1) is 23.2. The van der Waals surface area contributed by atoms with Crippen molar-refractivity contribution < 1.29 is 16.1 Å². The number of furan rings is 1. The minimum Gasteiger partial charge on any atom is -0.454 e. The molecule has 0 bridgehead atoms. The Balaban J connectivity index is 1.70. The molecule has 2 heterocycles. The smallest absolute Gasteiger partial charge is 0.216 e. The Morgan fingerprint density at radius 1 is 0.900 bits per heavy atom. The first-order valence-electron chi connectivity index (χ1n) is 14.3. The van der Waals surface area contributed by atoms with Gasteiger partial charge in [-0.15, -0.1) is 0 Å². The average Bonchev–Trinajstić information content (AvgIpc) is 3.36. The van der Waals surface area contributed by atoms with Crippen LogP contribution in [0.1, 0.15) is 40.2 Å². The Bertz CT molecular complexity index is 2080. The summed E-state index contributed by atoms with van der Waals surface area (Å²) in [5, 5.41) is 11.5. The normalized spacial score (nSPS) is 12.4. The molecule has 3 nitrogen and oxygen atoms in total. The van der Waals surface area contributed by atoms with E-state index < -0.39 is 11.2 Å². The van der Waals surface area contributed by atoms with Gasteiger partial charge in [0.05, 0.1) is 18.6 Å². The van der Waals surface area contributed by atoms with Crippen LogP contribution in [0.25, 0.3) is 55.4 Å². The number of pyridine rings is 1. The van der Waals surface area contributed by atoms with Gasteiger partial charge in [0.25, 0.3) is 0 Å². The lowest BCUT2D eigenvalue weighted by Crippen LogP contribution is -2.33. The van der Waals surface area contributed by atoms with Crippen LogP contribution >= 0.6 is 0 Å². The van der Waals surface area contributed by atoms with E-state index in [4.69, 9.17) is 7.16 Å². The molecule has 0 N–H and O–H groups in total. The monoisotopic (exact) mass is 527 g/mol. The molecule has 0 aliphatic rings. The molecule has 4 aromatic carbocycles. The van der Waals surface area contributed by atoms with Gasteiger partial charge >= 0.3 is 0 Å².